The normalized spacial score (nSPS) is 20.4. The first-order valence-electron chi connectivity index (χ1n) is 5.32. The molecule has 0 radical (unpaired) electrons. The summed E-state index contributed by atoms with van der Waals surface area (Å²) in [6.45, 7) is 0. The van der Waals surface area contributed by atoms with E-state index in [0.717, 1.165) is 0 Å². The summed E-state index contributed by atoms with van der Waals surface area (Å²) in [6.07, 6.45) is 3.66. The smallest absolute Gasteiger partial charge is 0.426 e. The Bertz CT molecular complexity index is 334. The fourth-order valence-electron chi connectivity index (χ4n) is 1.65. The molecule has 2 atom stereocenters. The van der Waals surface area contributed by atoms with E-state index in [9.17, 15) is 9.59 Å². The Morgan fingerprint density at radius 1 is 1.53 bits per heavy atom. The van der Waals surface area contributed by atoms with Crippen molar-refractivity contribution < 1.29 is 19.6 Å². The van der Waals surface area contributed by atoms with Crippen molar-refractivity contribution in [2.75, 3.05) is 0 Å². The standard InChI is InChI=1S/C9H16BN3O4/c11-6(3-4-8(12)14)9(15)13-5-1-2-7(13)10(16)17/h1,5-7,16-17H,2-4,11H2,(H2,12,14)/t6-,7?/m0/s1. The van der Waals surface area contributed by atoms with Crippen LogP contribution in [0.15, 0.2) is 12.3 Å². The molecule has 1 aliphatic rings. The quantitative estimate of drug-likeness (QED) is 0.402. The highest BCUT2D eigenvalue weighted by Crippen LogP contribution is 2.17. The predicted octanol–water partition coefficient (Wildman–Crippen LogP) is -2.29. The van der Waals surface area contributed by atoms with E-state index in [0.29, 0.717) is 6.42 Å². The van der Waals surface area contributed by atoms with Crippen LogP contribution >= 0.6 is 0 Å². The van der Waals surface area contributed by atoms with Gasteiger partial charge in [-0.2, -0.15) is 0 Å². The molecule has 7 nitrogen and oxygen atoms in total. The van der Waals surface area contributed by atoms with E-state index in [1.54, 1.807) is 6.08 Å². The highest BCUT2D eigenvalue weighted by atomic mass is 16.4. The van der Waals surface area contributed by atoms with Gasteiger partial charge in [-0.25, -0.2) is 0 Å². The Hall–Kier alpha value is -1.38. The fraction of sp³-hybridized carbons (Fsp3) is 0.556. The van der Waals surface area contributed by atoms with Crippen LogP contribution in [0.4, 0.5) is 0 Å². The first kappa shape index (κ1) is 13.7. The summed E-state index contributed by atoms with van der Waals surface area (Å²) in [4.78, 5) is 23.6. The third-order valence-corrected chi connectivity index (χ3v) is 2.62. The van der Waals surface area contributed by atoms with Gasteiger partial charge in [0.1, 0.15) is 0 Å². The molecular formula is C9H16BN3O4. The number of nitrogens with zero attached hydrogens (tertiary/aromatic N) is 1. The van der Waals surface area contributed by atoms with E-state index in [1.165, 1.54) is 11.1 Å². The van der Waals surface area contributed by atoms with Crippen molar-refractivity contribution >= 4 is 18.9 Å². The van der Waals surface area contributed by atoms with Gasteiger partial charge in [-0.15, -0.1) is 0 Å². The molecule has 0 aromatic heterocycles. The third kappa shape index (κ3) is 3.55. The van der Waals surface area contributed by atoms with Crippen LogP contribution in [0.1, 0.15) is 19.3 Å². The largest absolute Gasteiger partial charge is 0.476 e. The Balaban J connectivity index is 2.56. The minimum Gasteiger partial charge on any atom is -0.426 e. The molecule has 1 unspecified atom stereocenters. The molecule has 6 N–H and O–H groups in total. The maximum atomic E-state index is 11.8. The van der Waals surface area contributed by atoms with Gasteiger partial charge in [-0.1, -0.05) is 6.08 Å². The Morgan fingerprint density at radius 3 is 2.71 bits per heavy atom. The molecule has 0 fully saturated rings. The number of carbonyl (C=O) groups excluding carboxylic acids is 2. The van der Waals surface area contributed by atoms with E-state index >= 15 is 0 Å². The summed E-state index contributed by atoms with van der Waals surface area (Å²) in [7, 11) is -1.61. The molecule has 0 aromatic carbocycles. The van der Waals surface area contributed by atoms with Crippen LogP contribution in [-0.2, 0) is 9.59 Å². The van der Waals surface area contributed by atoms with E-state index in [4.69, 9.17) is 21.5 Å². The molecule has 0 saturated carbocycles. The first-order valence-corrected chi connectivity index (χ1v) is 5.32. The second-order valence-corrected chi connectivity index (χ2v) is 3.96. The number of rotatable bonds is 5. The molecule has 1 aliphatic heterocycles. The van der Waals surface area contributed by atoms with Crippen LogP contribution in [0.25, 0.3) is 0 Å². The number of nitrogens with two attached hydrogens (primary N) is 2. The minimum atomic E-state index is -1.61. The van der Waals surface area contributed by atoms with Gasteiger partial charge in [-0.05, 0) is 12.8 Å². The van der Waals surface area contributed by atoms with Gasteiger partial charge in [0.2, 0.25) is 11.8 Å². The second kappa shape index (κ2) is 5.81. The van der Waals surface area contributed by atoms with Crippen LogP contribution in [-0.4, -0.2) is 45.9 Å². The van der Waals surface area contributed by atoms with Crippen molar-refractivity contribution in [1.82, 2.24) is 4.90 Å². The van der Waals surface area contributed by atoms with E-state index in [2.05, 4.69) is 0 Å². The van der Waals surface area contributed by atoms with Gasteiger partial charge >= 0.3 is 7.12 Å². The molecule has 2 amide bonds. The highest BCUT2D eigenvalue weighted by Gasteiger charge is 2.35. The van der Waals surface area contributed by atoms with Crippen molar-refractivity contribution in [3.05, 3.63) is 12.3 Å². The van der Waals surface area contributed by atoms with Crippen LogP contribution in [0.3, 0.4) is 0 Å². The van der Waals surface area contributed by atoms with Crippen molar-refractivity contribution in [2.24, 2.45) is 11.5 Å². The lowest BCUT2D eigenvalue weighted by atomic mass is 9.77. The summed E-state index contributed by atoms with van der Waals surface area (Å²) < 4.78 is 0. The summed E-state index contributed by atoms with van der Waals surface area (Å²) in [6, 6.07) is -0.869. The monoisotopic (exact) mass is 241 g/mol. The fourth-order valence-corrected chi connectivity index (χ4v) is 1.65. The molecule has 0 saturated heterocycles. The number of amides is 2. The molecule has 94 valence electrons. The lowest BCUT2D eigenvalue weighted by Gasteiger charge is -2.25. The van der Waals surface area contributed by atoms with Crippen LogP contribution in [0.2, 0.25) is 0 Å². The van der Waals surface area contributed by atoms with Crippen LogP contribution < -0.4 is 11.5 Å². The molecule has 0 aromatic rings. The van der Waals surface area contributed by atoms with Gasteiger partial charge in [0.15, 0.2) is 0 Å². The van der Waals surface area contributed by atoms with Gasteiger partial charge in [0.25, 0.3) is 0 Å². The summed E-state index contributed by atoms with van der Waals surface area (Å²) in [5.74, 6) is -1.68. The molecule has 0 spiro atoms. The van der Waals surface area contributed by atoms with Gasteiger partial charge in [-0.3, -0.25) is 9.59 Å². The first-order chi connectivity index (χ1) is 7.93. The lowest BCUT2D eigenvalue weighted by molar-refractivity contribution is -0.130. The SMILES string of the molecule is NC(=O)CC[C@H](N)C(=O)N1C=CCC1B(O)O. The van der Waals surface area contributed by atoms with E-state index in [1.807, 2.05) is 0 Å². The van der Waals surface area contributed by atoms with E-state index < -0.39 is 30.9 Å². The zero-order chi connectivity index (χ0) is 13.0. The summed E-state index contributed by atoms with van der Waals surface area (Å²) in [5, 5.41) is 18.2. The number of carbonyl (C=O) groups is 2. The molecular weight excluding hydrogens is 225 g/mol. The van der Waals surface area contributed by atoms with Crippen molar-refractivity contribution in [3.8, 4) is 0 Å². The minimum absolute atomic E-state index is 0.0246. The Morgan fingerprint density at radius 2 is 2.18 bits per heavy atom. The molecule has 1 rings (SSSR count). The van der Waals surface area contributed by atoms with Gasteiger partial charge in [0.05, 0.1) is 12.0 Å². The Kier molecular flexibility index (Phi) is 4.67. The van der Waals surface area contributed by atoms with Gasteiger partial charge in [0, 0.05) is 12.6 Å². The Labute approximate surface area is 99.2 Å². The van der Waals surface area contributed by atoms with E-state index in [-0.39, 0.29) is 12.8 Å². The molecule has 17 heavy (non-hydrogen) atoms. The van der Waals surface area contributed by atoms with Crippen molar-refractivity contribution in [3.63, 3.8) is 0 Å². The molecule has 8 heteroatoms. The number of hydrogen-bond acceptors (Lipinski definition) is 5. The average molecular weight is 241 g/mol. The molecule has 1 heterocycles. The zero-order valence-corrected chi connectivity index (χ0v) is 9.32. The lowest BCUT2D eigenvalue weighted by Crippen LogP contribution is -2.50. The summed E-state index contributed by atoms with van der Waals surface area (Å²) in [5.41, 5.74) is 10.6. The van der Waals surface area contributed by atoms with Crippen LogP contribution in [0, 0.1) is 0 Å². The molecule has 0 aliphatic carbocycles. The predicted molar refractivity (Wildman–Crippen MR) is 61.0 cm³/mol. The number of primary amides is 1. The van der Waals surface area contributed by atoms with Gasteiger partial charge < -0.3 is 26.4 Å². The number of hydrogen-bond donors (Lipinski definition) is 4. The van der Waals surface area contributed by atoms with Crippen molar-refractivity contribution in [2.45, 2.75) is 31.2 Å². The maximum Gasteiger partial charge on any atom is 0.476 e. The average Bonchev–Trinajstić information content (AvgIpc) is 2.73. The topological polar surface area (TPSA) is 130 Å². The summed E-state index contributed by atoms with van der Waals surface area (Å²) >= 11 is 0. The highest BCUT2D eigenvalue weighted by molar-refractivity contribution is 6.43. The zero-order valence-electron chi connectivity index (χ0n) is 9.32. The second-order valence-electron chi connectivity index (χ2n) is 3.96. The van der Waals surface area contributed by atoms with Crippen LogP contribution in [0.5, 0.6) is 0 Å². The molecule has 0 bridgehead atoms. The third-order valence-electron chi connectivity index (χ3n) is 2.62. The maximum absolute atomic E-state index is 11.8. The van der Waals surface area contributed by atoms with Crippen molar-refractivity contribution in [1.29, 1.82) is 0 Å².